The van der Waals surface area contributed by atoms with Crippen molar-refractivity contribution in [2.24, 2.45) is 4.99 Å². The van der Waals surface area contributed by atoms with Crippen molar-refractivity contribution >= 4 is 27.8 Å². The molecule has 2 heterocycles. The van der Waals surface area contributed by atoms with E-state index in [1.165, 1.54) is 5.39 Å². The monoisotopic (exact) mass is 373 g/mol. The average Bonchev–Trinajstić information content (AvgIpc) is 3.10. The molecule has 0 atom stereocenters. The summed E-state index contributed by atoms with van der Waals surface area (Å²) in [6.07, 6.45) is 5.41. The molecule has 0 fully saturated rings. The summed E-state index contributed by atoms with van der Waals surface area (Å²) in [5, 5.41) is 4.47. The fourth-order valence-corrected chi connectivity index (χ4v) is 3.93. The van der Waals surface area contributed by atoms with Crippen molar-refractivity contribution in [2.45, 2.75) is 6.54 Å². The van der Waals surface area contributed by atoms with E-state index >= 15 is 0 Å². The molecule has 0 spiro atoms. The van der Waals surface area contributed by atoms with Gasteiger partial charge in [-0.3, -0.25) is 4.98 Å². The summed E-state index contributed by atoms with van der Waals surface area (Å²) >= 11 is 1.62. The highest BCUT2D eigenvalue weighted by Gasteiger charge is 2.08. The molecule has 0 N–H and O–H groups in total. The van der Waals surface area contributed by atoms with Gasteiger partial charge in [-0.2, -0.15) is 0 Å². The smallest absolute Gasteiger partial charge is 0.190 e. The number of pyridine rings is 1. The maximum absolute atomic E-state index is 5.32. The number of methoxy groups -OCH3 is 1. The van der Waals surface area contributed by atoms with Crippen LogP contribution in [-0.2, 0) is 6.54 Å². The van der Waals surface area contributed by atoms with Crippen molar-refractivity contribution in [1.29, 1.82) is 0 Å². The van der Waals surface area contributed by atoms with Gasteiger partial charge >= 0.3 is 0 Å². The van der Waals surface area contributed by atoms with Crippen molar-refractivity contribution in [3.05, 3.63) is 83.8 Å². The van der Waals surface area contributed by atoms with Crippen molar-refractivity contribution in [1.82, 2.24) is 9.55 Å². The molecule has 4 nitrogen and oxygen atoms in total. The number of rotatable bonds is 5. The number of ether oxygens (including phenoxy) is 1. The Hall–Kier alpha value is -3.18. The van der Waals surface area contributed by atoms with Gasteiger partial charge in [-0.05, 0) is 46.7 Å². The molecule has 0 amide bonds. The zero-order valence-corrected chi connectivity index (χ0v) is 15.8. The zero-order chi connectivity index (χ0) is 18.6. The minimum absolute atomic E-state index is 0.693. The number of fused-ring (bicyclic) bond motifs is 1. The second kappa shape index (κ2) is 7.60. The molecule has 0 unspecified atom stereocenters. The molecule has 4 aromatic rings. The Labute approximate surface area is 161 Å². The van der Waals surface area contributed by atoms with Crippen molar-refractivity contribution in [2.75, 3.05) is 7.11 Å². The predicted molar refractivity (Wildman–Crippen MR) is 111 cm³/mol. The van der Waals surface area contributed by atoms with Gasteiger partial charge in [-0.25, -0.2) is 4.99 Å². The maximum Gasteiger partial charge on any atom is 0.190 e. The Morgan fingerprint density at radius 2 is 2.04 bits per heavy atom. The standard InChI is InChI=1S/C22H19N3OS/c1-3-11-25-21(15-27-22(25)24-19-5-4-10-23-14-19)18-7-6-17-13-20(26-2)9-8-16(17)12-18/h3-10,12-15H,1,11H2,2H3. The first kappa shape index (κ1) is 17.2. The van der Waals surface area contributed by atoms with Crippen LogP contribution in [0.2, 0.25) is 0 Å². The van der Waals surface area contributed by atoms with E-state index in [1.807, 2.05) is 30.3 Å². The number of hydrogen-bond acceptors (Lipinski definition) is 4. The van der Waals surface area contributed by atoms with Crippen molar-refractivity contribution < 1.29 is 4.74 Å². The quantitative estimate of drug-likeness (QED) is 0.452. The van der Waals surface area contributed by atoms with Gasteiger partial charge in [0, 0.05) is 18.1 Å². The fourth-order valence-electron chi connectivity index (χ4n) is 3.00. The molecule has 5 heteroatoms. The fraction of sp³-hybridized carbons (Fsp3) is 0.0909. The lowest BCUT2D eigenvalue weighted by molar-refractivity contribution is 0.415. The summed E-state index contributed by atoms with van der Waals surface area (Å²) in [5.74, 6) is 0.866. The predicted octanol–water partition coefficient (Wildman–Crippen LogP) is 5.19. The van der Waals surface area contributed by atoms with Crippen molar-refractivity contribution in [3.8, 4) is 17.0 Å². The zero-order valence-electron chi connectivity index (χ0n) is 15.0. The average molecular weight is 373 g/mol. The van der Waals surface area contributed by atoms with Crippen molar-refractivity contribution in [3.63, 3.8) is 0 Å². The van der Waals surface area contributed by atoms with Crippen LogP contribution in [0.4, 0.5) is 5.69 Å². The maximum atomic E-state index is 5.32. The summed E-state index contributed by atoms with van der Waals surface area (Å²) in [6.45, 7) is 4.60. The molecule has 0 saturated heterocycles. The summed E-state index contributed by atoms with van der Waals surface area (Å²) in [7, 11) is 1.69. The second-order valence-corrected chi connectivity index (χ2v) is 6.89. The molecule has 2 aromatic heterocycles. The molecule has 0 aliphatic heterocycles. The van der Waals surface area contributed by atoms with Crippen LogP contribution in [0.3, 0.4) is 0 Å². The SMILES string of the molecule is C=CCn1c(-c2ccc3cc(OC)ccc3c2)csc1=Nc1cccnc1. The van der Waals surface area contributed by atoms with E-state index < -0.39 is 0 Å². The van der Waals surface area contributed by atoms with E-state index in [0.717, 1.165) is 32.9 Å². The topological polar surface area (TPSA) is 39.4 Å². The van der Waals surface area contributed by atoms with Gasteiger partial charge in [-0.1, -0.05) is 24.3 Å². The molecule has 27 heavy (non-hydrogen) atoms. The third-order valence-electron chi connectivity index (χ3n) is 4.32. The Kier molecular flexibility index (Phi) is 4.85. The summed E-state index contributed by atoms with van der Waals surface area (Å²) in [4.78, 5) is 9.81. The highest BCUT2D eigenvalue weighted by molar-refractivity contribution is 7.07. The van der Waals surface area contributed by atoms with Crippen LogP contribution in [0, 0.1) is 0 Å². The molecule has 134 valence electrons. The summed E-state index contributed by atoms with van der Waals surface area (Å²) in [5.41, 5.74) is 3.12. The number of hydrogen-bond donors (Lipinski definition) is 0. The number of thiazole rings is 1. The van der Waals surface area contributed by atoms with E-state index in [0.29, 0.717) is 6.54 Å². The van der Waals surface area contributed by atoms with Gasteiger partial charge < -0.3 is 9.30 Å². The van der Waals surface area contributed by atoms with Crippen LogP contribution in [0.5, 0.6) is 5.75 Å². The van der Waals surface area contributed by atoms with E-state index in [1.54, 1.807) is 30.8 Å². The van der Waals surface area contributed by atoms with Crippen LogP contribution in [-0.4, -0.2) is 16.7 Å². The van der Waals surface area contributed by atoms with E-state index in [2.05, 4.69) is 45.8 Å². The van der Waals surface area contributed by atoms with Gasteiger partial charge in [0.05, 0.1) is 24.7 Å². The third kappa shape index (κ3) is 3.55. The Bertz CT molecular complexity index is 1160. The Morgan fingerprint density at radius 1 is 1.19 bits per heavy atom. The normalized spacial score (nSPS) is 11.7. The molecule has 0 aliphatic rings. The summed E-state index contributed by atoms with van der Waals surface area (Å²) < 4.78 is 7.49. The number of nitrogens with zero attached hydrogens (tertiary/aromatic N) is 3. The minimum Gasteiger partial charge on any atom is -0.497 e. The molecule has 0 radical (unpaired) electrons. The van der Waals surface area contributed by atoms with Gasteiger partial charge in [-0.15, -0.1) is 17.9 Å². The molecular formula is C22H19N3OS. The third-order valence-corrected chi connectivity index (χ3v) is 5.19. The Balaban J connectivity index is 1.83. The van der Waals surface area contributed by atoms with Gasteiger partial charge in [0.15, 0.2) is 4.80 Å². The lowest BCUT2D eigenvalue weighted by atomic mass is 10.1. The lowest BCUT2D eigenvalue weighted by Crippen LogP contribution is -2.14. The molecular weight excluding hydrogens is 354 g/mol. The van der Waals surface area contributed by atoms with E-state index in [4.69, 9.17) is 9.73 Å². The van der Waals surface area contributed by atoms with Crippen LogP contribution in [0.15, 0.2) is 84.0 Å². The molecule has 0 saturated carbocycles. The first-order valence-corrected chi connectivity index (χ1v) is 9.48. The summed E-state index contributed by atoms with van der Waals surface area (Å²) in [6, 6.07) is 16.4. The van der Waals surface area contributed by atoms with Gasteiger partial charge in [0.25, 0.3) is 0 Å². The first-order valence-electron chi connectivity index (χ1n) is 8.60. The van der Waals surface area contributed by atoms with E-state index in [-0.39, 0.29) is 0 Å². The van der Waals surface area contributed by atoms with Gasteiger partial charge in [0.2, 0.25) is 0 Å². The molecule has 0 aliphatic carbocycles. The van der Waals surface area contributed by atoms with Crippen LogP contribution < -0.4 is 9.54 Å². The molecule has 4 rings (SSSR count). The number of benzene rings is 2. The minimum atomic E-state index is 0.693. The highest BCUT2D eigenvalue weighted by atomic mass is 32.1. The number of aromatic nitrogens is 2. The number of allylic oxidation sites excluding steroid dienone is 1. The highest BCUT2D eigenvalue weighted by Crippen LogP contribution is 2.27. The van der Waals surface area contributed by atoms with Crippen LogP contribution in [0.25, 0.3) is 22.0 Å². The van der Waals surface area contributed by atoms with E-state index in [9.17, 15) is 0 Å². The lowest BCUT2D eigenvalue weighted by Gasteiger charge is -2.09. The van der Waals surface area contributed by atoms with Gasteiger partial charge in [0.1, 0.15) is 5.75 Å². The van der Waals surface area contributed by atoms with Crippen LogP contribution >= 0.6 is 11.3 Å². The Morgan fingerprint density at radius 3 is 2.81 bits per heavy atom. The largest absolute Gasteiger partial charge is 0.497 e. The molecule has 2 aromatic carbocycles. The van der Waals surface area contributed by atoms with Crippen LogP contribution in [0.1, 0.15) is 0 Å². The molecule has 0 bridgehead atoms. The first-order chi connectivity index (χ1) is 13.3. The second-order valence-electron chi connectivity index (χ2n) is 6.05.